The number of benzene rings is 3. The molecule has 0 bridgehead atoms. The van der Waals surface area contributed by atoms with Gasteiger partial charge in [0.05, 0.1) is 23.3 Å². The summed E-state index contributed by atoms with van der Waals surface area (Å²) in [6, 6.07) is 26.9. The van der Waals surface area contributed by atoms with E-state index in [-0.39, 0.29) is 5.69 Å². The van der Waals surface area contributed by atoms with Crippen LogP contribution in [0.4, 0.5) is 0 Å². The van der Waals surface area contributed by atoms with E-state index in [9.17, 15) is 4.79 Å². The molecule has 3 heteroatoms. The Balaban J connectivity index is 1.51. The standard InChI is InChI=1S/C26H26N2O/c29-26-27(19-20-15-17-22(18-16-20)21-9-3-1-4-10-21)24-13-7-8-14-25(24)28(26)23-11-5-2-6-12-23/h2,5-8,11-18,21H,1,3-4,9-10,19H2. The van der Waals surface area contributed by atoms with E-state index in [4.69, 9.17) is 0 Å². The zero-order valence-corrected chi connectivity index (χ0v) is 16.6. The van der Waals surface area contributed by atoms with Gasteiger partial charge in [-0.2, -0.15) is 0 Å². The minimum Gasteiger partial charge on any atom is -0.287 e. The summed E-state index contributed by atoms with van der Waals surface area (Å²) in [7, 11) is 0. The van der Waals surface area contributed by atoms with Crippen molar-refractivity contribution in [3.05, 3.63) is 100 Å². The van der Waals surface area contributed by atoms with Gasteiger partial charge < -0.3 is 0 Å². The highest BCUT2D eigenvalue weighted by Gasteiger charge is 2.17. The maximum Gasteiger partial charge on any atom is 0.334 e. The van der Waals surface area contributed by atoms with Crippen molar-refractivity contribution >= 4 is 11.0 Å². The summed E-state index contributed by atoms with van der Waals surface area (Å²) >= 11 is 0. The SMILES string of the molecule is O=c1n(Cc2ccc(C3CCCCC3)cc2)c2ccccc2n1-c1ccccc1. The van der Waals surface area contributed by atoms with E-state index in [1.807, 2.05) is 63.7 Å². The lowest BCUT2D eigenvalue weighted by atomic mass is 9.84. The molecule has 0 radical (unpaired) electrons. The summed E-state index contributed by atoms with van der Waals surface area (Å²) < 4.78 is 3.70. The van der Waals surface area contributed by atoms with E-state index in [1.54, 1.807) is 0 Å². The molecule has 3 aromatic carbocycles. The van der Waals surface area contributed by atoms with Gasteiger partial charge in [0.25, 0.3) is 0 Å². The van der Waals surface area contributed by atoms with Crippen LogP contribution >= 0.6 is 0 Å². The van der Waals surface area contributed by atoms with E-state index in [0.29, 0.717) is 12.5 Å². The molecule has 1 saturated carbocycles. The van der Waals surface area contributed by atoms with Gasteiger partial charge in [0.15, 0.2) is 0 Å². The number of rotatable bonds is 4. The summed E-state index contributed by atoms with van der Waals surface area (Å²) in [6.45, 7) is 0.587. The minimum atomic E-state index is 0.00811. The molecule has 1 aromatic heterocycles. The van der Waals surface area contributed by atoms with Crippen LogP contribution in [0.5, 0.6) is 0 Å². The third kappa shape index (κ3) is 3.42. The first-order valence-corrected chi connectivity index (χ1v) is 10.7. The largest absolute Gasteiger partial charge is 0.334 e. The highest BCUT2D eigenvalue weighted by atomic mass is 16.1. The number of nitrogens with zero attached hydrogens (tertiary/aromatic N) is 2. The molecule has 1 heterocycles. The van der Waals surface area contributed by atoms with E-state index in [0.717, 1.165) is 16.7 Å². The third-order valence-electron chi connectivity index (χ3n) is 6.25. The molecule has 29 heavy (non-hydrogen) atoms. The van der Waals surface area contributed by atoms with Crippen LogP contribution in [0.15, 0.2) is 83.7 Å². The second-order valence-electron chi connectivity index (χ2n) is 8.10. The fourth-order valence-corrected chi connectivity index (χ4v) is 4.70. The van der Waals surface area contributed by atoms with Gasteiger partial charge in [0.2, 0.25) is 0 Å². The Morgan fingerprint density at radius 1 is 0.724 bits per heavy atom. The molecule has 0 aliphatic heterocycles. The number of imidazole rings is 1. The van der Waals surface area contributed by atoms with Crippen molar-refractivity contribution in [3.63, 3.8) is 0 Å². The topological polar surface area (TPSA) is 26.9 Å². The van der Waals surface area contributed by atoms with E-state index < -0.39 is 0 Å². The lowest BCUT2D eigenvalue weighted by molar-refractivity contribution is 0.443. The monoisotopic (exact) mass is 382 g/mol. The summed E-state index contributed by atoms with van der Waals surface area (Å²) in [6.07, 6.45) is 6.69. The number of hydrogen-bond donors (Lipinski definition) is 0. The smallest absolute Gasteiger partial charge is 0.287 e. The van der Waals surface area contributed by atoms with Crippen LogP contribution < -0.4 is 5.69 Å². The first kappa shape index (κ1) is 18.0. The molecule has 0 N–H and O–H groups in total. The Morgan fingerprint density at radius 2 is 1.38 bits per heavy atom. The predicted octanol–water partition coefficient (Wildman–Crippen LogP) is 5.89. The lowest BCUT2D eigenvalue weighted by Crippen LogP contribution is -2.23. The van der Waals surface area contributed by atoms with Crippen LogP contribution in [0, 0.1) is 0 Å². The fourth-order valence-electron chi connectivity index (χ4n) is 4.70. The van der Waals surface area contributed by atoms with Crippen molar-refractivity contribution in [3.8, 4) is 5.69 Å². The highest BCUT2D eigenvalue weighted by Crippen LogP contribution is 2.32. The molecule has 3 nitrogen and oxygen atoms in total. The summed E-state index contributed by atoms with van der Waals surface area (Å²) in [5.41, 5.74) is 5.45. The van der Waals surface area contributed by atoms with Crippen LogP contribution in [0.1, 0.15) is 49.1 Å². The summed E-state index contributed by atoms with van der Waals surface area (Å²) in [4.78, 5) is 13.3. The molecular formula is C26H26N2O. The zero-order valence-electron chi connectivity index (χ0n) is 16.6. The normalized spacial score (nSPS) is 15.0. The van der Waals surface area contributed by atoms with Crippen molar-refractivity contribution in [2.45, 2.75) is 44.6 Å². The molecule has 0 saturated heterocycles. The lowest BCUT2D eigenvalue weighted by Gasteiger charge is -2.22. The van der Waals surface area contributed by atoms with Crippen molar-refractivity contribution in [1.29, 1.82) is 0 Å². The van der Waals surface area contributed by atoms with Crippen LogP contribution in [0.3, 0.4) is 0 Å². The molecule has 146 valence electrons. The Hall–Kier alpha value is -3.07. The average Bonchev–Trinajstić information content (AvgIpc) is 3.07. The maximum atomic E-state index is 13.3. The number of aromatic nitrogens is 2. The van der Waals surface area contributed by atoms with Crippen molar-refractivity contribution < 1.29 is 0 Å². The summed E-state index contributed by atoms with van der Waals surface area (Å²) in [5.74, 6) is 0.709. The molecule has 0 spiro atoms. The average molecular weight is 383 g/mol. The maximum absolute atomic E-state index is 13.3. The number of hydrogen-bond acceptors (Lipinski definition) is 1. The van der Waals surface area contributed by atoms with Gasteiger partial charge in [-0.05, 0) is 54.2 Å². The molecule has 1 aliphatic rings. The van der Waals surface area contributed by atoms with E-state index in [2.05, 4.69) is 24.3 Å². The fraction of sp³-hybridized carbons (Fsp3) is 0.269. The summed E-state index contributed by atoms with van der Waals surface area (Å²) in [5, 5.41) is 0. The molecule has 4 aromatic rings. The number of fused-ring (bicyclic) bond motifs is 1. The Kier molecular flexibility index (Phi) is 4.81. The van der Waals surface area contributed by atoms with Gasteiger partial charge in [-0.25, -0.2) is 4.79 Å². The van der Waals surface area contributed by atoms with Gasteiger partial charge in [-0.3, -0.25) is 9.13 Å². The van der Waals surface area contributed by atoms with Crippen LogP contribution in [-0.4, -0.2) is 9.13 Å². The highest BCUT2D eigenvalue weighted by molar-refractivity contribution is 5.78. The molecule has 1 fully saturated rings. The van der Waals surface area contributed by atoms with Gasteiger partial charge in [-0.1, -0.05) is 73.9 Å². The Morgan fingerprint density at radius 3 is 2.10 bits per heavy atom. The van der Waals surface area contributed by atoms with Gasteiger partial charge in [0.1, 0.15) is 0 Å². The third-order valence-corrected chi connectivity index (χ3v) is 6.25. The second-order valence-corrected chi connectivity index (χ2v) is 8.10. The molecule has 1 aliphatic carbocycles. The first-order valence-electron chi connectivity index (χ1n) is 10.7. The Labute approximate surface area is 171 Å². The van der Waals surface area contributed by atoms with Crippen molar-refractivity contribution in [2.75, 3.05) is 0 Å². The Bertz CT molecular complexity index is 1160. The zero-order chi connectivity index (χ0) is 19.6. The van der Waals surface area contributed by atoms with Crippen LogP contribution in [-0.2, 0) is 6.54 Å². The second kappa shape index (κ2) is 7.75. The van der Waals surface area contributed by atoms with E-state index in [1.165, 1.54) is 43.2 Å². The molecule has 0 atom stereocenters. The van der Waals surface area contributed by atoms with Gasteiger partial charge in [-0.15, -0.1) is 0 Å². The molecule has 5 rings (SSSR count). The van der Waals surface area contributed by atoms with Crippen molar-refractivity contribution in [2.24, 2.45) is 0 Å². The molecule has 0 unspecified atom stereocenters. The van der Waals surface area contributed by atoms with E-state index >= 15 is 0 Å². The quantitative estimate of drug-likeness (QED) is 0.432. The molecule has 0 amide bonds. The van der Waals surface area contributed by atoms with Crippen molar-refractivity contribution in [1.82, 2.24) is 9.13 Å². The molecular weight excluding hydrogens is 356 g/mol. The predicted molar refractivity (Wildman–Crippen MR) is 119 cm³/mol. The van der Waals surface area contributed by atoms with Gasteiger partial charge >= 0.3 is 5.69 Å². The van der Waals surface area contributed by atoms with Crippen LogP contribution in [0.2, 0.25) is 0 Å². The van der Waals surface area contributed by atoms with Gasteiger partial charge in [0, 0.05) is 0 Å². The minimum absolute atomic E-state index is 0.00811. The number of para-hydroxylation sites is 3. The first-order chi connectivity index (χ1) is 14.3. The van der Waals surface area contributed by atoms with Crippen LogP contribution in [0.25, 0.3) is 16.7 Å².